The molecule has 1 aliphatic carbocycles. The number of benzene rings is 1. The van der Waals surface area contributed by atoms with E-state index in [4.69, 9.17) is 11.6 Å². The van der Waals surface area contributed by atoms with Gasteiger partial charge in [0.05, 0.1) is 5.03 Å². The summed E-state index contributed by atoms with van der Waals surface area (Å²) in [6.07, 6.45) is 3.45. The van der Waals surface area contributed by atoms with Crippen LogP contribution in [-0.2, 0) is 4.79 Å². The van der Waals surface area contributed by atoms with Crippen molar-refractivity contribution in [2.45, 2.75) is 24.7 Å². The zero-order valence-corrected chi connectivity index (χ0v) is 11.1. The Bertz CT molecular complexity index is 488. The molecule has 1 aromatic rings. The summed E-state index contributed by atoms with van der Waals surface area (Å²) in [7, 11) is 0. The van der Waals surface area contributed by atoms with Crippen LogP contribution in [0.15, 0.2) is 56.8 Å². The van der Waals surface area contributed by atoms with E-state index in [2.05, 4.69) is 12.1 Å². The van der Waals surface area contributed by atoms with Crippen LogP contribution in [-0.4, -0.2) is 5.78 Å². The summed E-state index contributed by atoms with van der Waals surface area (Å²) in [6, 6.07) is 10.1. The largest absolute Gasteiger partial charge is 0.295 e. The molecule has 88 valence electrons. The van der Waals surface area contributed by atoms with Crippen molar-refractivity contribution in [1.29, 1.82) is 0 Å². The van der Waals surface area contributed by atoms with Gasteiger partial charge in [0.2, 0.25) is 0 Å². The Morgan fingerprint density at radius 3 is 2.53 bits per heavy atom. The molecule has 0 heterocycles. The highest BCUT2D eigenvalue weighted by molar-refractivity contribution is 8.03. The molecule has 0 unspecified atom stereocenters. The normalized spacial score (nSPS) is 15.8. The highest BCUT2D eigenvalue weighted by atomic mass is 35.5. The predicted molar refractivity (Wildman–Crippen MR) is 73.2 cm³/mol. The second-order valence-corrected chi connectivity index (χ2v) is 5.49. The van der Waals surface area contributed by atoms with E-state index in [1.165, 1.54) is 4.90 Å². The van der Waals surface area contributed by atoms with Crippen LogP contribution in [0.4, 0.5) is 0 Å². The molecule has 1 nitrogen and oxygen atoms in total. The zero-order valence-electron chi connectivity index (χ0n) is 9.57. The smallest absolute Gasteiger partial charge is 0.155 e. The first-order chi connectivity index (χ1) is 8.16. The van der Waals surface area contributed by atoms with Gasteiger partial charge >= 0.3 is 0 Å². The van der Waals surface area contributed by atoms with E-state index < -0.39 is 0 Å². The van der Waals surface area contributed by atoms with E-state index >= 15 is 0 Å². The third-order valence-electron chi connectivity index (χ3n) is 2.63. The van der Waals surface area contributed by atoms with Gasteiger partial charge in [-0.25, -0.2) is 0 Å². The molecule has 0 saturated heterocycles. The number of carbonyl (C=O) groups excluding carboxylic acids is 1. The Morgan fingerprint density at radius 1 is 1.24 bits per heavy atom. The van der Waals surface area contributed by atoms with Gasteiger partial charge in [-0.1, -0.05) is 41.6 Å². The average molecular weight is 265 g/mol. The number of allylic oxidation sites excluding steroid dienone is 4. The third kappa shape index (κ3) is 3.24. The third-order valence-corrected chi connectivity index (χ3v) is 4.25. The predicted octanol–water partition coefficient (Wildman–Crippen LogP) is 4.54. The standard InChI is InChI=1S/C14H13ClOS/c1-10(16)11-7-8-14(13(15)9-11)17-12-5-3-2-4-6-12/h2-6,9H,7-8H2,1H3. The van der Waals surface area contributed by atoms with Crippen molar-refractivity contribution in [1.82, 2.24) is 0 Å². The summed E-state index contributed by atoms with van der Waals surface area (Å²) in [6.45, 7) is 1.59. The van der Waals surface area contributed by atoms with Gasteiger partial charge in [-0.15, -0.1) is 0 Å². The van der Waals surface area contributed by atoms with E-state index in [-0.39, 0.29) is 5.78 Å². The van der Waals surface area contributed by atoms with Gasteiger partial charge in [0.15, 0.2) is 5.78 Å². The minimum absolute atomic E-state index is 0.118. The lowest BCUT2D eigenvalue weighted by Gasteiger charge is -2.15. The van der Waals surface area contributed by atoms with Crippen LogP contribution in [0.2, 0.25) is 0 Å². The lowest BCUT2D eigenvalue weighted by Crippen LogP contribution is -2.02. The van der Waals surface area contributed by atoms with Gasteiger partial charge in [0.1, 0.15) is 0 Å². The lowest BCUT2D eigenvalue weighted by molar-refractivity contribution is -0.113. The molecule has 1 aliphatic rings. The molecule has 0 spiro atoms. The van der Waals surface area contributed by atoms with Crippen LogP contribution in [0, 0.1) is 0 Å². The van der Waals surface area contributed by atoms with Crippen molar-refractivity contribution < 1.29 is 4.79 Å². The maximum absolute atomic E-state index is 11.3. The van der Waals surface area contributed by atoms with Crippen molar-refractivity contribution in [3.63, 3.8) is 0 Å². The zero-order chi connectivity index (χ0) is 12.3. The molecule has 0 bridgehead atoms. The Balaban J connectivity index is 2.18. The maximum Gasteiger partial charge on any atom is 0.155 e. The lowest BCUT2D eigenvalue weighted by atomic mass is 10.0. The highest BCUT2D eigenvalue weighted by Gasteiger charge is 2.15. The van der Waals surface area contributed by atoms with Crippen LogP contribution in [0.1, 0.15) is 19.8 Å². The number of hydrogen-bond donors (Lipinski definition) is 0. The number of ketones is 1. The summed E-state index contributed by atoms with van der Waals surface area (Å²) < 4.78 is 0. The SMILES string of the molecule is CC(=O)C1=CC(Cl)=C(Sc2ccccc2)CC1. The van der Waals surface area contributed by atoms with E-state index in [0.29, 0.717) is 5.03 Å². The Kier molecular flexibility index (Phi) is 4.08. The van der Waals surface area contributed by atoms with Crippen molar-refractivity contribution in [3.05, 3.63) is 51.9 Å². The maximum atomic E-state index is 11.3. The second kappa shape index (κ2) is 5.56. The van der Waals surface area contributed by atoms with Gasteiger partial charge in [-0.3, -0.25) is 4.79 Å². The molecule has 0 amide bonds. The molecule has 1 aromatic carbocycles. The summed E-state index contributed by atoms with van der Waals surface area (Å²) in [5.74, 6) is 0.118. The summed E-state index contributed by atoms with van der Waals surface area (Å²) in [5.41, 5.74) is 0.826. The quantitative estimate of drug-likeness (QED) is 0.797. The fourth-order valence-electron chi connectivity index (χ4n) is 1.68. The molecule has 0 radical (unpaired) electrons. The van der Waals surface area contributed by atoms with Gasteiger partial charge in [0, 0.05) is 9.80 Å². The first-order valence-electron chi connectivity index (χ1n) is 5.50. The second-order valence-electron chi connectivity index (χ2n) is 3.91. The van der Waals surface area contributed by atoms with Crippen LogP contribution in [0.25, 0.3) is 0 Å². The molecule has 0 atom stereocenters. The molecule has 17 heavy (non-hydrogen) atoms. The van der Waals surface area contributed by atoms with Gasteiger partial charge in [-0.05, 0) is 43.5 Å². The van der Waals surface area contributed by atoms with E-state index in [1.807, 2.05) is 18.2 Å². The monoisotopic (exact) mass is 264 g/mol. The van der Waals surface area contributed by atoms with Crippen LogP contribution < -0.4 is 0 Å². The van der Waals surface area contributed by atoms with Crippen molar-refractivity contribution in [3.8, 4) is 0 Å². The number of carbonyl (C=O) groups is 1. The number of Topliss-reactive ketones (excluding diaryl/α,β-unsaturated/α-hetero) is 1. The van der Waals surface area contributed by atoms with Crippen LogP contribution in [0.5, 0.6) is 0 Å². The Morgan fingerprint density at radius 2 is 1.94 bits per heavy atom. The van der Waals surface area contributed by atoms with Crippen LogP contribution >= 0.6 is 23.4 Å². The molecule has 0 fully saturated rings. The van der Waals surface area contributed by atoms with Crippen molar-refractivity contribution in [2.75, 3.05) is 0 Å². The minimum atomic E-state index is 0.118. The van der Waals surface area contributed by atoms with E-state index in [1.54, 1.807) is 24.8 Å². The first kappa shape index (κ1) is 12.5. The number of halogens is 1. The molecule has 0 aliphatic heterocycles. The molecule has 2 rings (SSSR count). The minimum Gasteiger partial charge on any atom is -0.295 e. The van der Waals surface area contributed by atoms with Crippen LogP contribution in [0.3, 0.4) is 0 Å². The molecular formula is C14H13ClOS. The number of hydrogen-bond acceptors (Lipinski definition) is 2. The van der Waals surface area contributed by atoms with Crippen molar-refractivity contribution in [2.24, 2.45) is 0 Å². The summed E-state index contributed by atoms with van der Waals surface area (Å²) in [4.78, 5) is 13.6. The molecule has 3 heteroatoms. The molecule has 0 N–H and O–H groups in total. The van der Waals surface area contributed by atoms with Gasteiger partial charge in [0.25, 0.3) is 0 Å². The van der Waals surface area contributed by atoms with Gasteiger partial charge in [-0.2, -0.15) is 0 Å². The Hall–Kier alpha value is -0.990. The van der Waals surface area contributed by atoms with Crippen molar-refractivity contribution >= 4 is 29.1 Å². The van der Waals surface area contributed by atoms with E-state index in [9.17, 15) is 4.79 Å². The summed E-state index contributed by atoms with van der Waals surface area (Å²) >= 11 is 7.88. The number of rotatable bonds is 3. The molecule has 0 saturated carbocycles. The average Bonchev–Trinajstić information content (AvgIpc) is 2.33. The Labute approximate surface area is 111 Å². The molecular weight excluding hydrogens is 252 g/mol. The fraction of sp³-hybridized carbons (Fsp3) is 0.214. The highest BCUT2D eigenvalue weighted by Crippen LogP contribution is 2.38. The summed E-state index contributed by atoms with van der Waals surface area (Å²) in [5, 5.41) is 0.704. The van der Waals surface area contributed by atoms with Gasteiger partial charge < -0.3 is 0 Å². The number of thioether (sulfide) groups is 1. The fourth-order valence-corrected chi connectivity index (χ4v) is 2.96. The first-order valence-corrected chi connectivity index (χ1v) is 6.69. The molecule has 0 aromatic heterocycles. The topological polar surface area (TPSA) is 17.1 Å². The van der Waals surface area contributed by atoms with E-state index in [0.717, 1.165) is 23.3 Å².